The van der Waals surface area contributed by atoms with E-state index >= 15 is 0 Å². The van der Waals surface area contributed by atoms with Crippen LogP contribution in [0.3, 0.4) is 0 Å². The molecular formula is C14H18N2OS. The van der Waals surface area contributed by atoms with Crippen LogP contribution in [0.2, 0.25) is 0 Å². The van der Waals surface area contributed by atoms with E-state index in [-0.39, 0.29) is 0 Å². The molecule has 0 spiro atoms. The van der Waals surface area contributed by atoms with Crippen LogP contribution in [-0.4, -0.2) is 22.8 Å². The first-order chi connectivity index (χ1) is 8.66. The van der Waals surface area contributed by atoms with Crippen LogP contribution in [-0.2, 0) is 4.74 Å². The number of aryl methyl sites for hydroxylation is 1. The molecule has 3 rings (SSSR count). The van der Waals surface area contributed by atoms with Crippen molar-refractivity contribution < 1.29 is 4.74 Å². The molecule has 1 saturated heterocycles. The van der Waals surface area contributed by atoms with Crippen LogP contribution >= 0.6 is 12.2 Å². The Labute approximate surface area is 112 Å². The lowest BCUT2D eigenvalue weighted by atomic mass is 10.0. The van der Waals surface area contributed by atoms with Gasteiger partial charge in [0.2, 0.25) is 0 Å². The maximum Gasteiger partial charge on any atom is 0.178 e. The molecule has 0 saturated carbocycles. The van der Waals surface area contributed by atoms with E-state index in [4.69, 9.17) is 17.0 Å². The average molecular weight is 262 g/mol. The molecule has 1 aromatic heterocycles. The summed E-state index contributed by atoms with van der Waals surface area (Å²) < 4.78 is 8.56. The van der Waals surface area contributed by atoms with Gasteiger partial charge in [-0.2, -0.15) is 0 Å². The maximum absolute atomic E-state index is 5.49. The predicted octanol–water partition coefficient (Wildman–Crippen LogP) is 3.60. The number of H-pyrrole nitrogens is 1. The summed E-state index contributed by atoms with van der Waals surface area (Å²) in [5.74, 6) is 0.566. The number of benzene rings is 1. The highest BCUT2D eigenvalue weighted by Crippen LogP contribution is 2.29. The zero-order chi connectivity index (χ0) is 12.7. The summed E-state index contributed by atoms with van der Waals surface area (Å²) in [7, 11) is 0. The standard InChI is InChI=1S/C14H18N2OS/c1-9-3-4-12-13(7-9)16(14(18)15-12)10(2)11-5-6-17-8-11/h3-4,7,10-11H,5-6,8H2,1-2H3,(H,15,18). The molecule has 2 heterocycles. The fourth-order valence-corrected chi connectivity index (χ4v) is 3.15. The molecule has 4 heteroatoms. The molecule has 1 aliphatic rings. The number of rotatable bonds is 2. The van der Waals surface area contributed by atoms with Crippen molar-refractivity contribution in [1.29, 1.82) is 0 Å². The lowest BCUT2D eigenvalue weighted by molar-refractivity contribution is 0.175. The third-order valence-corrected chi connectivity index (χ3v) is 4.23. The average Bonchev–Trinajstić information content (AvgIpc) is 2.94. The zero-order valence-electron chi connectivity index (χ0n) is 10.8. The number of hydrogen-bond donors (Lipinski definition) is 1. The molecule has 0 amide bonds. The zero-order valence-corrected chi connectivity index (χ0v) is 11.6. The Balaban J connectivity index is 2.12. The third-order valence-electron chi connectivity index (χ3n) is 3.93. The van der Waals surface area contributed by atoms with Crippen LogP contribution in [0.1, 0.15) is 24.9 Å². The molecule has 1 aromatic carbocycles. The number of aromatic amines is 1. The van der Waals surface area contributed by atoms with Gasteiger partial charge in [0.25, 0.3) is 0 Å². The number of fused-ring (bicyclic) bond motifs is 1. The second kappa shape index (κ2) is 4.52. The molecule has 0 radical (unpaired) electrons. The quantitative estimate of drug-likeness (QED) is 0.838. The minimum absolute atomic E-state index is 0.385. The fraction of sp³-hybridized carbons (Fsp3) is 0.500. The molecule has 2 unspecified atom stereocenters. The second-order valence-electron chi connectivity index (χ2n) is 5.19. The Bertz CT molecular complexity index is 622. The van der Waals surface area contributed by atoms with Crippen LogP contribution in [0.5, 0.6) is 0 Å². The molecule has 2 aromatic rings. The molecular weight excluding hydrogens is 244 g/mol. The van der Waals surface area contributed by atoms with Gasteiger partial charge < -0.3 is 14.3 Å². The first-order valence-corrected chi connectivity index (χ1v) is 6.86. The van der Waals surface area contributed by atoms with Crippen LogP contribution in [0.25, 0.3) is 11.0 Å². The number of nitrogens with one attached hydrogen (secondary N) is 1. The first kappa shape index (κ1) is 11.9. The molecule has 0 aliphatic carbocycles. The Hall–Kier alpha value is -1.13. The number of hydrogen-bond acceptors (Lipinski definition) is 2. The molecule has 2 atom stereocenters. The van der Waals surface area contributed by atoms with E-state index in [2.05, 4.69) is 41.6 Å². The van der Waals surface area contributed by atoms with Gasteiger partial charge in [0.15, 0.2) is 4.77 Å². The van der Waals surface area contributed by atoms with Crippen molar-refractivity contribution in [3.63, 3.8) is 0 Å². The minimum atomic E-state index is 0.385. The summed E-state index contributed by atoms with van der Waals surface area (Å²) >= 11 is 5.47. The minimum Gasteiger partial charge on any atom is -0.381 e. The van der Waals surface area contributed by atoms with Gasteiger partial charge in [0.1, 0.15) is 0 Å². The van der Waals surface area contributed by atoms with Crippen molar-refractivity contribution in [1.82, 2.24) is 9.55 Å². The van der Waals surface area contributed by atoms with Gasteiger partial charge in [-0.05, 0) is 50.2 Å². The summed E-state index contributed by atoms with van der Waals surface area (Å²) in [6.45, 7) is 6.08. The van der Waals surface area contributed by atoms with E-state index in [1.54, 1.807) is 0 Å². The van der Waals surface area contributed by atoms with Gasteiger partial charge in [-0.3, -0.25) is 0 Å². The molecule has 96 valence electrons. The van der Waals surface area contributed by atoms with Gasteiger partial charge in [0.05, 0.1) is 17.6 Å². The van der Waals surface area contributed by atoms with Gasteiger partial charge in [-0.25, -0.2) is 0 Å². The smallest absolute Gasteiger partial charge is 0.178 e. The van der Waals surface area contributed by atoms with Crippen molar-refractivity contribution in [2.45, 2.75) is 26.3 Å². The Kier molecular flexibility index (Phi) is 2.99. The molecule has 18 heavy (non-hydrogen) atoms. The number of aromatic nitrogens is 2. The largest absolute Gasteiger partial charge is 0.381 e. The highest BCUT2D eigenvalue weighted by Gasteiger charge is 2.25. The van der Waals surface area contributed by atoms with Crippen molar-refractivity contribution >= 4 is 23.3 Å². The Morgan fingerprint density at radius 2 is 2.33 bits per heavy atom. The predicted molar refractivity (Wildman–Crippen MR) is 75.5 cm³/mol. The van der Waals surface area contributed by atoms with Gasteiger partial charge in [-0.1, -0.05) is 6.07 Å². The highest BCUT2D eigenvalue weighted by molar-refractivity contribution is 7.71. The normalized spacial score (nSPS) is 21.6. The third kappa shape index (κ3) is 1.89. The summed E-state index contributed by atoms with van der Waals surface area (Å²) in [4.78, 5) is 3.30. The van der Waals surface area contributed by atoms with Gasteiger partial charge >= 0.3 is 0 Å². The van der Waals surface area contributed by atoms with Crippen molar-refractivity contribution in [3.8, 4) is 0 Å². The van der Waals surface area contributed by atoms with Gasteiger partial charge in [-0.15, -0.1) is 0 Å². The van der Waals surface area contributed by atoms with Crippen LogP contribution in [0.4, 0.5) is 0 Å². The second-order valence-corrected chi connectivity index (χ2v) is 5.57. The van der Waals surface area contributed by atoms with E-state index in [1.807, 2.05) is 0 Å². The molecule has 1 N–H and O–H groups in total. The van der Waals surface area contributed by atoms with E-state index in [9.17, 15) is 0 Å². The summed E-state index contributed by atoms with van der Waals surface area (Å²) in [6.07, 6.45) is 1.13. The van der Waals surface area contributed by atoms with E-state index < -0.39 is 0 Å². The topological polar surface area (TPSA) is 29.9 Å². The van der Waals surface area contributed by atoms with Gasteiger partial charge in [0, 0.05) is 18.6 Å². The number of ether oxygens (including phenoxy) is 1. The molecule has 3 nitrogen and oxygen atoms in total. The molecule has 0 bridgehead atoms. The lowest BCUT2D eigenvalue weighted by Crippen LogP contribution is -2.16. The van der Waals surface area contributed by atoms with Crippen LogP contribution < -0.4 is 0 Å². The maximum atomic E-state index is 5.49. The Morgan fingerprint density at radius 1 is 1.50 bits per heavy atom. The van der Waals surface area contributed by atoms with E-state index in [1.165, 1.54) is 11.1 Å². The van der Waals surface area contributed by atoms with Crippen molar-refractivity contribution in [2.24, 2.45) is 5.92 Å². The van der Waals surface area contributed by atoms with Crippen LogP contribution in [0, 0.1) is 17.6 Å². The highest BCUT2D eigenvalue weighted by atomic mass is 32.1. The summed E-state index contributed by atoms with van der Waals surface area (Å²) in [5.41, 5.74) is 3.59. The SMILES string of the molecule is Cc1ccc2[nH]c(=S)n(C(C)C3CCOC3)c2c1. The van der Waals surface area contributed by atoms with Crippen molar-refractivity contribution in [3.05, 3.63) is 28.5 Å². The summed E-state index contributed by atoms with van der Waals surface area (Å²) in [5, 5.41) is 0. The fourth-order valence-electron chi connectivity index (χ4n) is 2.78. The van der Waals surface area contributed by atoms with Crippen molar-refractivity contribution in [2.75, 3.05) is 13.2 Å². The summed E-state index contributed by atoms with van der Waals surface area (Å²) in [6, 6.07) is 6.81. The molecule has 1 aliphatic heterocycles. The first-order valence-electron chi connectivity index (χ1n) is 6.45. The molecule has 1 fully saturated rings. The Morgan fingerprint density at radius 3 is 3.06 bits per heavy atom. The lowest BCUT2D eigenvalue weighted by Gasteiger charge is -2.20. The number of nitrogens with zero attached hydrogens (tertiary/aromatic N) is 1. The van der Waals surface area contributed by atoms with E-state index in [0.29, 0.717) is 12.0 Å². The van der Waals surface area contributed by atoms with E-state index in [0.717, 1.165) is 29.9 Å². The number of imidazole rings is 1. The monoisotopic (exact) mass is 262 g/mol. The van der Waals surface area contributed by atoms with Crippen LogP contribution in [0.15, 0.2) is 18.2 Å².